The third kappa shape index (κ3) is 4.41. The van der Waals surface area contributed by atoms with Crippen molar-refractivity contribution in [2.24, 2.45) is 11.1 Å². The molecule has 1 aliphatic carbocycles. The molecule has 1 aliphatic heterocycles. The molecule has 2 amide bonds. The van der Waals surface area contributed by atoms with E-state index in [4.69, 9.17) is 10.5 Å². The molecule has 0 aromatic heterocycles. The summed E-state index contributed by atoms with van der Waals surface area (Å²) in [5.74, 6) is -0.221. The fourth-order valence-electron chi connectivity index (χ4n) is 3.16. The summed E-state index contributed by atoms with van der Waals surface area (Å²) in [7, 11) is 0. The predicted octanol–water partition coefficient (Wildman–Crippen LogP) is 0.307. The molecule has 0 spiro atoms. The van der Waals surface area contributed by atoms with Gasteiger partial charge >= 0.3 is 0 Å². The number of hydrogen-bond acceptors (Lipinski definition) is 4. The summed E-state index contributed by atoms with van der Waals surface area (Å²) in [6.45, 7) is 1.45. The normalized spacial score (nSPS) is 22.5. The van der Waals surface area contributed by atoms with E-state index in [-0.39, 0.29) is 24.4 Å². The lowest BCUT2D eigenvalue weighted by Crippen LogP contribution is -2.51. The number of rotatable bonds is 5. The van der Waals surface area contributed by atoms with Gasteiger partial charge in [-0.1, -0.05) is 19.3 Å². The van der Waals surface area contributed by atoms with Gasteiger partial charge in [-0.05, 0) is 25.7 Å². The van der Waals surface area contributed by atoms with Crippen molar-refractivity contribution >= 4 is 11.8 Å². The number of carbonyl (C=O) groups excluding carboxylic acids is 2. The molecule has 1 saturated carbocycles. The SMILES string of the molecule is NCC1(C(=O)NCC(=O)NC2CCCCC2)CCOCC1. The standard InChI is InChI=1S/C15H27N3O3/c16-11-15(6-8-21-9-7-15)14(20)17-10-13(19)18-12-4-2-1-3-5-12/h12H,1-11,16H2,(H,17,20)(H,18,19). The van der Waals surface area contributed by atoms with E-state index in [1.165, 1.54) is 19.3 Å². The number of nitrogens with two attached hydrogens (primary N) is 1. The van der Waals surface area contributed by atoms with Gasteiger partial charge in [-0.25, -0.2) is 0 Å². The summed E-state index contributed by atoms with van der Waals surface area (Å²) in [4.78, 5) is 24.2. The van der Waals surface area contributed by atoms with Gasteiger partial charge in [0.1, 0.15) is 0 Å². The van der Waals surface area contributed by atoms with Crippen molar-refractivity contribution < 1.29 is 14.3 Å². The number of nitrogens with one attached hydrogen (secondary N) is 2. The molecule has 0 unspecified atom stereocenters. The monoisotopic (exact) mass is 297 g/mol. The van der Waals surface area contributed by atoms with Gasteiger partial charge in [0.2, 0.25) is 11.8 Å². The summed E-state index contributed by atoms with van der Waals surface area (Å²) in [6.07, 6.45) is 6.94. The van der Waals surface area contributed by atoms with Crippen LogP contribution in [0.4, 0.5) is 0 Å². The molecule has 1 heterocycles. The number of hydrogen-bond donors (Lipinski definition) is 3. The van der Waals surface area contributed by atoms with Gasteiger partial charge in [-0.2, -0.15) is 0 Å². The molecule has 4 N–H and O–H groups in total. The van der Waals surface area contributed by atoms with Gasteiger partial charge in [0.25, 0.3) is 0 Å². The highest BCUT2D eigenvalue weighted by Crippen LogP contribution is 2.29. The average molecular weight is 297 g/mol. The third-order valence-corrected chi connectivity index (χ3v) is 4.70. The van der Waals surface area contributed by atoms with Crippen LogP contribution in [-0.2, 0) is 14.3 Å². The first-order valence-electron chi connectivity index (χ1n) is 8.02. The van der Waals surface area contributed by atoms with Gasteiger partial charge < -0.3 is 21.1 Å². The smallest absolute Gasteiger partial charge is 0.239 e. The van der Waals surface area contributed by atoms with Crippen molar-refractivity contribution in [3.8, 4) is 0 Å². The van der Waals surface area contributed by atoms with E-state index < -0.39 is 5.41 Å². The maximum Gasteiger partial charge on any atom is 0.239 e. The zero-order valence-corrected chi connectivity index (χ0v) is 12.7. The molecule has 21 heavy (non-hydrogen) atoms. The molecule has 2 aliphatic rings. The Hall–Kier alpha value is -1.14. The summed E-state index contributed by atoms with van der Waals surface area (Å²) < 4.78 is 5.29. The first-order valence-corrected chi connectivity index (χ1v) is 8.02. The van der Waals surface area contributed by atoms with Crippen LogP contribution < -0.4 is 16.4 Å². The van der Waals surface area contributed by atoms with E-state index in [0.29, 0.717) is 32.6 Å². The van der Waals surface area contributed by atoms with Gasteiger partial charge in [0.15, 0.2) is 0 Å². The average Bonchev–Trinajstić information content (AvgIpc) is 2.54. The largest absolute Gasteiger partial charge is 0.381 e. The molecule has 120 valence electrons. The molecular weight excluding hydrogens is 270 g/mol. The van der Waals surface area contributed by atoms with Crippen molar-refractivity contribution in [3.63, 3.8) is 0 Å². The molecule has 0 atom stereocenters. The fraction of sp³-hybridized carbons (Fsp3) is 0.867. The summed E-state index contributed by atoms with van der Waals surface area (Å²) >= 11 is 0. The summed E-state index contributed by atoms with van der Waals surface area (Å²) in [5.41, 5.74) is 5.21. The maximum atomic E-state index is 12.3. The number of carbonyl (C=O) groups is 2. The zero-order chi connectivity index (χ0) is 15.1. The molecule has 0 aromatic rings. The van der Waals surface area contributed by atoms with Crippen molar-refractivity contribution in [1.29, 1.82) is 0 Å². The lowest BCUT2D eigenvalue weighted by molar-refractivity contribution is -0.137. The van der Waals surface area contributed by atoms with Crippen LogP contribution in [0.3, 0.4) is 0 Å². The Balaban J connectivity index is 1.75. The van der Waals surface area contributed by atoms with E-state index in [1.54, 1.807) is 0 Å². The van der Waals surface area contributed by atoms with Crippen LogP contribution >= 0.6 is 0 Å². The van der Waals surface area contributed by atoms with E-state index in [2.05, 4.69) is 10.6 Å². The maximum absolute atomic E-state index is 12.3. The minimum Gasteiger partial charge on any atom is -0.381 e. The van der Waals surface area contributed by atoms with E-state index in [0.717, 1.165) is 12.8 Å². The minimum atomic E-state index is -0.566. The van der Waals surface area contributed by atoms with Crippen LogP contribution in [0.5, 0.6) is 0 Å². The van der Waals surface area contributed by atoms with Crippen LogP contribution in [0.15, 0.2) is 0 Å². The van der Waals surface area contributed by atoms with Gasteiger partial charge in [0.05, 0.1) is 12.0 Å². The number of amides is 2. The quantitative estimate of drug-likeness (QED) is 0.680. The first-order chi connectivity index (χ1) is 10.2. The molecular formula is C15H27N3O3. The molecule has 0 radical (unpaired) electrons. The van der Waals surface area contributed by atoms with Crippen molar-refractivity contribution in [3.05, 3.63) is 0 Å². The van der Waals surface area contributed by atoms with Crippen LogP contribution in [0.2, 0.25) is 0 Å². The fourth-order valence-corrected chi connectivity index (χ4v) is 3.16. The van der Waals surface area contributed by atoms with E-state index in [9.17, 15) is 9.59 Å². The van der Waals surface area contributed by atoms with Crippen LogP contribution in [0.25, 0.3) is 0 Å². The second-order valence-corrected chi connectivity index (χ2v) is 6.18. The van der Waals surface area contributed by atoms with Gasteiger partial charge in [0, 0.05) is 25.8 Å². The molecule has 1 saturated heterocycles. The lowest BCUT2D eigenvalue weighted by Gasteiger charge is -2.34. The van der Waals surface area contributed by atoms with Crippen LogP contribution in [0.1, 0.15) is 44.9 Å². The van der Waals surface area contributed by atoms with Gasteiger partial charge in [-0.15, -0.1) is 0 Å². The highest BCUT2D eigenvalue weighted by Gasteiger charge is 2.38. The summed E-state index contributed by atoms with van der Waals surface area (Å²) in [5, 5.41) is 5.75. The van der Waals surface area contributed by atoms with E-state index >= 15 is 0 Å². The minimum absolute atomic E-state index is 0.0396. The van der Waals surface area contributed by atoms with Crippen LogP contribution in [0, 0.1) is 5.41 Å². The highest BCUT2D eigenvalue weighted by atomic mass is 16.5. The second kappa shape index (κ2) is 7.75. The Kier molecular flexibility index (Phi) is 5.99. The number of ether oxygens (including phenoxy) is 1. The Morgan fingerprint density at radius 3 is 2.43 bits per heavy atom. The van der Waals surface area contributed by atoms with Crippen LogP contribution in [-0.4, -0.2) is 44.2 Å². The Morgan fingerprint density at radius 2 is 1.81 bits per heavy atom. The topological polar surface area (TPSA) is 93.5 Å². The molecule has 6 nitrogen and oxygen atoms in total. The van der Waals surface area contributed by atoms with E-state index in [1.807, 2.05) is 0 Å². The Morgan fingerprint density at radius 1 is 1.14 bits per heavy atom. The Bertz CT molecular complexity index is 361. The summed E-state index contributed by atoms with van der Waals surface area (Å²) in [6, 6.07) is 0.273. The van der Waals surface area contributed by atoms with Crippen molar-refractivity contribution in [2.45, 2.75) is 51.0 Å². The second-order valence-electron chi connectivity index (χ2n) is 6.18. The first kappa shape index (κ1) is 16.2. The van der Waals surface area contributed by atoms with Crippen molar-refractivity contribution in [2.75, 3.05) is 26.3 Å². The molecule has 2 rings (SSSR count). The predicted molar refractivity (Wildman–Crippen MR) is 79.6 cm³/mol. The van der Waals surface area contributed by atoms with Gasteiger partial charge in [-0.3, -0.25) is 9.59 Å². The Labute approximate surface area is 126 Å². The molecule has 2 fully saturated rings. The zero-order valence-electron chi connectivity index (χ0n) is 12.7. The molecule has 0 bridgehead atoms. The van der Waals surface area contributed by atoms with Crippen molar-refractivity contribution in [1.82, 2.24) is 10.6 Å². The highest BCUT2D eigenvalue weighted by molar-refractivity contribution is 5.88. The lowest BCUT2D eigenvalue weighted by atomic mass is 9.79. The molecule has 0 aromatic carbocycles. The third-order valence-electron chi connectivity index (χ3n) is 4.70. The molecule has 6 heteroatoms.